The molecule has 6 nitrogen and oxygen atoms in total. The number of carboxylic acid groups (broad SMARTS) is 1. The molecule has 7 heteroatoms. The van der Waals surface area contributed by atoms with Crippen molar-refractivity contribution in [2.75, 3.05) is 0 Å². The Morgan fingerprint density at radius 1 is 1.29 bits per heavy atom. The molecule has 0 heterocycles. The molecule has 3 N–H and O–H groups in total. The number of rotatable bonds is 4. The second-order valence-electron chi connectivity index (χ2n) is 5.31. The summed E-state index contributed by atoms with van der Waals surface area (Å²) in [5, 5.41) is 18.9. The number of hydrogen-bond acceptors (Lipinski definition) is 4. The van der Waals surface area contributed by atoms with Crippen LogP contribution in [0.25, 0.3) is 0 Å². The Morgan fingerprint density at radius 2 is 1.95 bits per heavy atom. The molecule has 2 unspecified atom stereocenters. The minimum Gasteiger partial charge on any atom is -0.478 e. The molecule has 0 saturated heterocycles. The van der Waals surface area contributed by atoms with Gasteiger partial charge >= 0.3 is 5.97 Å². The van der Waals surface area contributed by atoms with Crippen LogP contribution in [0.3, 0.4) is 0 Å². The van der Waals surface area contributed by atoms with Gasteiger partial charge in [-0.1, -0.05) is 18.9 Å². The van der Waals surface area contributed by atoms with Gasteiger partial charge in [0.2, 0.25) is 10.0 Å². The first kappa shape index (κ1) is 15.9. The summed E-state index contributed by atoms with van der Waals surface area (Å²) in [5.41, 5.74) is 0.157. The van der Waals surface area contributed by atoms with Gasteiger partial charge in [-0.3, -0.25) is 0 Å². The van der Waals surface area contributed by atoms with Gasteiger partial charge < -0.3 is 10.2 Å². The summed E-state index contributed by atoms with van der Waals surface area (Å²) in [6.07, 6.45) is 2.20. The highest BCUT2D eigenvalue weighted by molar-refractivity contribution is 7.89. The molecule has 0 aromatic heterocycles. The first-order valence-electron chi connectivity index (χ1n) is 6.86. The first-order chi connectivity index (χ1) is 9.83. The molecule has 0 amide bonds. The van der Waals surface area contributed by atoms with Crippen molar-refractivity contribution in [1.82, 2.24) is 4.72 Å². The van der Waals surface area contributed by atoms with Crippen LogP contribution >= 0.6 is 0 Å². The Bertz CT molecular complexity index is 641. The molecule has 2 atom stereocenters. The standard InChI is InChI=1S/C14H19NO5S/c1-9-10(14(17)18)5-4-8-13(9)21(19,20)15-11-6-2-3-7-12(11)16/h4-5,8,11-12,15-16H,2-3,6-7H2,1H3,(H,17,18). The molecule has 1 aromatic rings. The molecule has 0 radical (unpaired) electrons. The largest absolute Gasteiger partial charge is 0.478 e. The first-order valence-corrected chi connectivity index (χ1v) is 8.34. The van der Waals surface area contributed by atoms with Gasteiger partial charge in [-0.15, -0.1) is 0 Å². The normalized spacial score (nSPS) is 23.0. The quantitative estimate of drug-likeness (QED) is 0.776. The molecule has 0 bridgehead atoms. The highest BCUT2D eigenvalue weighted by atomic mass is 32.2. The SMILES string of the molecule is Cc1c(C(=O)O)cccc1S(=O)(=O)NC1CCCCC1O. The van der Waals surface area contributed by atoms with Crippen LogP contribution in [0.5, 0.6) is 0 Å². The van der Waals surface area contributed by atoms with Crippen molar-refractivity contribution in [3.05, 3.63) is 29.3 Å². The number of sulfonamides is 1. The van der Waals surface area contributed by atoms with Gasteiger partial charge in [-0.05, 0) is 37.5 Å². The van der Waals surface area contributed by atoms with E-state index >= 15 is 0 Å². The smallest absolute Gasteiger partial charge is 0.335 e. The maximum absolute atomic E-state index is 12.4. The molecule has 0 aliphatic heterocycles. The number of benzene rings is 1. The van der Waals surface area contributed by atoms with E-state index in [1.165, 1.54) is 25.1 Å². The van der Waals surface area contributed by atoms with E-state index in [0.717, 1.165) is 12.8 Å². The van der Waals surface area contributed by atoms with Gasteiger partial charge in [0.05, 0.1) is 16.6 Å². The minimum atomic E-state index is -3.85. The van der Waals surface area contributed by atoms with Gasteiger partial charge in [0.25, 0.3) is 0 Å². The number of hydrogen-bond donors (Lipinski definition) is 3. The van der Waals surface area contributed by atoms with Crippen LogP contribution in [0.1, 0.15) is 41.6 Å². The van der Waals surface area contributed by atoms with Crippen LogP contribution in [0, 0.1) is 6.92 Å². The van der Waals surface area contributed by atoms with Gasteiger partial charge in [-0.25, -0.2) is 17.9 Å². The average Bonchev–Trinajstić information content (AvgIpc) is 2.41. The Hall–Kier alpha value is -1.44. The van der Waals surface area contributed by atoms with Crippen LogP contribution in [-0.2, 0) is 10.0 Å². The molecule has 1 aromatic carbocycles. The second-order valence-corrected chi connectivity index (χ2v) is 7.00. The fourth-order valence-corrected chi connectivity index (χ4v) is 4.22. The molecule has 21 heavy (non-hydrogen) atoms. The zero-order chi connectivity index (χ0) is 15.6. The number of carboxylic acids is 1. The molecule has 116 valence electrons. The summed E-state index contributed by atoms with van der Waals surface area (Å²) in [6, 6.07) is 3.63. The lowest BCUT2D eigenvalue weighted by molar-refractivity contribution is 0.0695. The summed E-state index contributed by atoms with van der Waals surface area (Å²) in [6.45, 7) is 1.47. The predicted molar refractivity (Wildman–Crippen MR) is 76.7 cm³/mol. The van der Waals surface area contributed by atoms with Crippen LogP contribution in [0.4, 0.5) is 0 Å². The van der Waals surface area contributed by atoms with E-state index in [1.54, 1.807) is 0 Å². The number of nitrogens with one attached hydrogen (secondary N) is 1. The third-order valence-corrected chi connectivity index (χ3v) is 5.47. The minimum absolute atomic E-state index is 0.0398. The third-order valence-electron chi connectivity index (χ3n) is 3.84. The van der Waals surface area contributed by atoms with Crippen LogP contribution in [0.15, 0.2) is 23.1 Å². The van der Waals surface area contributed by atoms with Crippen molar-refractivity contribution < 1.29 is 23.4 Å². The molecule has 0 spiro atoms. The Balaban J connectivity index is 2.31. The van der Waals surface area contributed by atoms with E-state index in [9.17, 15) is 18.3 Å². The molecule has 1 fully saturated rings. The Kier molecular flexibility index (Phi) is 4.65. The number of carbonyl (C=O) groups is 1. The van der Waals surface area contributed by atoms with E-state index in [1.807, 2.05) is 0 Å². The summed E-state index contributed by atoms with van der Waals surface area (Å²) < 4.78 is 27.4. The topological polar surface area (TPSA) is 104 Å². The highest BCUT2D eigenvalue weighted by Gasteiger charge is 2.29. The van der Waals surface area contributed by atoms with E-state index < -0.39 is 28.1 Å². The molecule has 1 aliphatic carbocycles. The third kappa shape index (κ3) is 3.42. The van der Waals surface area contributed by atoms with Crippen molar-refractivity contribution in [3.8, 4) is 0 Å². The average molecular weight is 313 g/mol. The van der Waals surface area contributed by atoms with Gasteiger partial charge in [-0.2, -0.15) is 0 Å². The lowest BCUT2D eigenvalue weighted by Gasteiger charge is -2.28. The van der Waals surface area contributed by atoms with E-state index in [2.05, 4.69) is 4.72 Å². The predicted octanol–water partition coefficient (Wildman–Crippen LogP) is 1.28. The highest BCUT2D eigenvalue weighted by Crippen LogP contribution is 2.23. The fraction of sp³-hybridized carbons (Fsp3) is 0.500. The zero-order valence-electron chi connectivity index (χ0n) is 11.7. The Morgan fingerprint density at radius 3 is 2.57 bits per heavy atom. The molecule has 2 rings (SSSR count). The van der Waals surface area contributed by atoms with Crippen molar-refractivity contribution >= 4 is 16.0 Å². The molecule has 1 aliphatic rings. The number of aromatic carboxylic acids is 1. The number of aliphatic hydroxyl groups is 1. The second kappa shape index (κ2) is 6.13. The van der Waals surface area contributed by atoms with Gasteiger partial charge in [0.15, 0.2) is 0 Å². The summed E-state index contributed by atoms with van der Waals surface area (Å²) in [4.78, 5) is 11.0. The van der Waals surface area contributed by atoms with Crippen molar-refractivity contribution in [2.24, 2.45) is 0 Å². The molecular weight excluding hydrogens is 294 g/mol. The monoisotopic (exact) mass is 313 g/mol. The van der Waals surface area contributed by atoms with Gasteiger partial charge in [0.1, 0.15) is 0 Å². The van der Waals surface area contributed by atoms with Crippen molar-refractivity contribution in [1.29, 1.82) is 0 Å². The van der Waals surface area contributed by atoms with Gasteiger partial charge in [0, 0.05) is 6.04 Å². The Labute approximate surface area is 123 Å². The summed E-state index contributed by atoms with van der Waals surface area (Å²) in [7, 11) is -3.85. The summed E-state index contributed by atoms with van der Waals surface area (Å²) >= 11 is 0. The molecule has 1 saturated carbocycles. The fourth-order valence-electron chi connectivity index (χ4n) is 2.65. The number of aliphatic hydroxyl groups excluding tert-OH is 1. The molecular formula is C14H19NO5S. The van der Waals surface area contributed by atoms with Crippen LogP contribution < -0.4 is 4.72 Å². The van der Waals surface area contributed by atoms with E-state index in [0.29, 0.717) is 12.8 Å². The lowest BCUT2D eigenvalue weighted by Crippen LogP contribution is -2.45. The van der Waals surface area contributed by atoms with E-state index in [-0.39, 0.29) is 16.0 Å². The van der Waals surface area contributed by atoms with Crippen LogP contribution in [-0.4, -0.2) is 36.7 Å². The van der Waals surface area contributed by atoms with E-state index in [4.69, 9.17) is 5.11 Å². The van der Waals surface area contributed by atoms with Crippen LogP contribution in [0.2, 0.25) is 0 Å². The lowest BCUT2D eigenvalue weighted by atomic mass is 9.93. The maximum Gasteiger partial charge on any atom is 0.335 e. The van der Waals surface area contributed by atoms with Crippen molar-refractivity contribution in [3.63, 3.8) is 0 Å². The van der Waals surface area contributed by atoms with Crippen molar-refractivity contribution in [2.45, 2.75) is 49.6 Å². The zero-order valence-corrected chi connectivity index (χ0v) is 12.6. The summed E-state index contributed by atoms with van der Waals surface area (Å²) in [5.74, 6) is -1.16. The maximum atomic E-state index is 12.4.